The van der Waals surface area contributed by atoms with Crippen LogP contribution in [-0.4, -0.2) is 64.3 Å². The summed E-state index contributed by atoms with van der Waals surface area (Å²) in [7, 11) is 0. The van der Waals surface area contributed by atoms with Crippen LogP contribution in [0.15, 0.2) is 35.5 Å². The van der Waals surface area contributed by atoms with Gasteiger partial charge in [0.1, 0.15) is 0 Å². The topological polar surface area (TPSA) is 90.0 Å². The van der Waals surface area contributed by atoms with Crippen molar-refractivity contribution in [2.45, 2.75) is 0 Å². The van der Waals surface area contributed by atoms with Gasteiger partial charge in [-0.25, -0.2) is 15.1 Å². The van der Waals surface area contributed by atoms with E-state index in [0.717, 1.165) is 50.9 Å². The van der Waals surface area contributed by atoms with E-state index < -0.39 is 0 Å². The highest BCUT2D eigenvalue weighted by molar-refractivity contribution is 5.38. The predicted molar refractivity (Wildman–Crippen MR) is 84.0 cm³/mol. The van der Waals surface area contributed by atoms with Crippen molar-refractivity contribution in [1.29, 1.82) is 0 Å². The number of aromatic amines is 1. The van der Waals surface area contributed by atoms with Crippen LogP contribution in [0, 0.1) is 0 Å². The lowest BCUT2D eigenvalue weighted by atomic mass is 10.3. The van der Waals surface area contributed by atoms with Crippen LogP contribution in [0.1, 0.15) is 0 Å². The molecule has 0 saturated carbocycles. The van der Waals surface area contributed by atoms with E-state index >= 15 is 0 Å². The largest absolute Gasteiger partial charge is 0.382 e. The highest BCUT2D eigenvalue weighted by atomic mass is 16.1. The molecule has 0 atom stereocenters. The molecule has 2 aromatic heterocycles. The third kappa shape index (κ3) is 3.79. The van der Waals surface area contributed by atoms with E-state index in [1.165, 1.54) is 6.07 Å². The summed E-state index contributed by atoms with van der Waals surface area (Å²) in [5.41, 5.74) is 0.557. The molecule has 116 valence electrons. The zero-order valence-electron chi connectivity index (χ0n) is 12.3. The van der Waals surface area contributed by atoms with Gasteiger partial charge in [-0.05, 0) is 6.07 Å². The fourth-order valence-corrected chi connectivity index (χ4v) is 2.46. The van der Waals surface area contributed by atoms with Crippen LogP contribution in [0.3, 0.4) is 0 Å². The number of rotatable bonds is 5. The molecule has 1 fully saturated rings. The Labute approximate surface area is 128 Å². The SMILES string of the molecule is O=c1cc(NCCN2CCN(c3ncccn3)CC2)cn[nH]1. The van der Waals surface area contributed by atoms with Gasteiger partial charge in [0.15, 0.2) is 0 Å². The van der Waals surface area contributed by atoms with E-state index in [-0.39, 0.29) is 5.56 Å². The molecule has 8 nitrogen and oxygen atoms in total. The highest BCUT2D eigenvalue weighted by Gasteiger charge is 2.18. The van der Waals surface area contributed by atoms with E-state index in [2.05, 4.69) is 35.3 Å². The molecule has 2 aromatic rings. The molecule has 22 heavy (non-hydrogen) atoms. The van der Waals surface area contributed by atoms with Crippen molar-refractivity contribution < 1.29 is 0 Å². The first-order chi connectivity index (χ1) is 10.8. The van der Waals surface area contributed by atoms with Gasteiger partial charge in [0.25, 0.3) is 5.56 Å². The molecule has 0 bridgehead atoms. The fourth-order valence-electron chi connectivity index (χ4n) is 2.46. The third-order valence-electron chi connectivity index (χ3n) is 3.63. The summed E-state index contributed by atoms with van der Waals surface area (Å²) in [6.07, 6.45) is 5.16. The average molecular weight is 301 g/mol. The number of piperazine rings is 1. The summed E-state index contributed by atoms with van der Waals surface area (Å²) < 4.78 is 0. The number of hydrogen-bond donors (Lipinski definition) is 2. The van der Waals surface area contributed by atoms with Crippen molar-refractivity contribution in [3.05, 3.63) is 41.1 Å². The fraction of sp³-hybridized carbons (Fsp3) is 0.429. The quantitative estimate of drug-likeness (QED) is 0.790. The van der Waals surface area contributed by atoms with E-state index in [1.54, 1.807) is 18.6 Å². The van der Waals surface area contributed by atoms with Gasteiger partial charge in [-0.3, -0.25) is 9.69 Å². The van der Waals surface area contributed by atoms with Gasteiger partial charge in [0, 0.05) is 57.7 Å². The summed E-state index contributed by atoms with van der Waals surface area (Å²) >= 11 is 0. The minimum absolute atomic E-state index is 0.193. The maximum absolute atomic E-state index is 11.1. The minimum atomic E-state index is -0.193. The lowest BCUT2D eigenvalue weighted by Crippen LogP contribution is -2.48. The molecule has 3 rings (SSSR count). The predicted octanol–water partition coefficient (Wildman–Crippen LogP) is -0.206. The molecule has 1 aliphatic heterocycles. The van der Waals surface area contributed by atoms with E-state index in [0.29, 0.717) is 0 Å². The molecule has 0 aliphatic carbocycles. The number of nitrogens with one attached hydrogen (secondary N) is 2. The van der Waals surface area contributed by atoms with Crippen LogP contribution < -0.4 is 15.8 Å². The van der Waals surface area contributed by atoms with E-state index in [4.69, 9.17) is 0 Å². The lowest BCUT2D eigenvalue weighted by Gasteiger charge is -2.34. The van der Waals surface area contributed by atoms with E-state index in [1.807, 2.05) is 6.07 Å². The van der Waals surface area contributed by atoms with Gasteiger partial charge < -0.3 is 10.2 Å². The van der Waals surface area contributed by atoms with Gasteiger partial charge >= 0.3 is 0 Å². The maximum Gasteiger partial charge on any atom is 0.266 e. The van der Waals surface area contributed by atoms with Crippen molar-refractivity contribution in [2.75, 3.05) is 49.5 Å². The normalized spacial score (nSPS) is 15.7. The molecule has 1 saturated heterocycles. The van der Waals surface area contributed by atoms with Gasteiger partial charge in [0.2, 0.25) is 5.95 Å². The van der Waals surface area contributed by atoms with Crippen LogP contribution >= 0.6 is 0 Å². The molecule has 0 spiro atoms. The smallest absolute Gasteiger partial charge is 0.266 e. The van der Waals surface area contributed by atoms with Crippen molar-refractivity contribution >= 4 is 11.6 Å². The second kappa shape index (κ2) is 6.99. The summed E-state index contributed by atoms with van der Waals surface area (Å²) in [4.78, 5) is 24.3. The second-order valence-electron chi connectivity index (χ2n) is 5.14. The maximum atomic E-state index is 11.1. The molecule has 0 radical (unpaired) electrons. The Morgan fingerprint density at radius 2 is 1.95 bits per heavy atom. The third-order valence-corrected chi connectivity index (χ3v) is 3.63. The number of aromatic nitrogens is 4. The zero-order valence-corrected chi connectivity index (χ0v) is 12.3. The van der Waals surface area contributed by atoms with Crippen molar-refractivity contribution in [2.24, 2.45) is 0 Å². The van der Waals surface area contributed by atoms with Gasteiger partial charge in [0.05, 0.1) is 11.9 Å². The van der Waals surface area contributed by atoms with Crippen LogP contribution in [0.4, 0.5) is 11.6 Å². The molecule has 0 amide bonds. The first-order valence-electron chi connectivity index (χ1n) is 7.34. The van der Waals surface area contributed by atoms with Crippen molar-refractivity contribution in [3.8, 4) is 0 Å². The molecule has 0 unspecified atom stereocenters. The lowest BCUT2D eigenvalue weighted by molar-refractivity contribution is 0.266. The molecule has 1 aliphatic rings. The first kappa shape index (κ1) is 14.5. The Kier molecular flexibility index (Phi) is 4.59. The number of anilines is 2. The van der Waals surface area contributed by atoms with Crippen LogP contribution in [0.2, 0.25) is 0 Å². The molecule has 2 N–H and O–H groups in total. The molecule has 0 aromatic carbocycles. The van der Waals surface area contributed by atoms with Crippen molar-refractivity contribution in [1.82, 2.24) is 25.1 Å². The Balaban J connectivity index is 1.42. The van der Waals surface area contributed by atoms with Gasteiger partial charge in [-0.15, -0.1) is 0 Å². The number of hydrogen-bond acceptors (Lipinski definition) is 7. The summed E-state index contributed by atoms with van der Waals surface area (Å²) in [5, 5.41) is 9.33. The van der Waals surface area contributed by atoms with E-state index in [9.17, 15) is 4.79 Å². The molecular formula is C14H19N7O. The zero-order chi connectivity index (χ0) is 15.2. The number of H-pyrrole nitrogens is 1. The van der Waals surface area contributed by atoms with Gasteiger partial charge in [-0.1, -0.05) is 0 Å². The standard InChI is InChI=1S/C14H19N7O/c22-13-10-12(11-18-19-13)15-4-5-20-6-8-21(9-7-20)14-16-2-1-3-17-14/h1-3,10-11H,4-9H2,(H2,15,19,22). The summed E-state index contributed by atoms with van der Waals surface area (Å²) in [6.45, 7) is 5.53. The number of nitrogens with zero attached hydrogens (tertiary/aromatic N) is 5. The Hall–Kier alpha value is -2.48. The molecule has 3 heterocycles. The summed E-state index contributed by atoms with van der Waals surface area (Å²) in [5.74, 6) is 0.801. The molecular weight excluding hydrogens is 282 g/mol. The Bertz CT molecular complexity index is 637. The minimum Gasteiger partial charge on any atom is -0.382 e. The first-order valence-corrected chi connectivity index (χ1v) is 7.34. The Morgan fingerprint density at radius 3 is 2.68 bits per heavy atom. The molecule has 8 heteroatoms. The highest BCUT2D eigenvalue weighted by Crippen LogP contribution is 2.09. The van der Waals surface area contributed by atoms with Crippen LogP contribution in [0.25, 0.3) is 0 Å². The van der Waals surface area contributed by atoms with Gasteiger partial charge in [-0.2, -0.15) is 5.10 Å². The Morgan fingerprint density at radius 1 is 1.18 bits per heavy atom. The monoisotopic (exact) mass is 301 g/mol. The van der Waals surface area contributed by atoms with Crippen molar-refractivity contribution in [3.63, 3.8) is 0 Å². The second-order valence-corrected chi connectivity index (χ2v) is 5.14. The van der Waals surface area contributed by atoms with Crippen LogP contribution in [-0.2, 0) is 0 Å². The average Bonchev–Trinajstić information content (AvgIpc) is 2.56. The summed E-state index contributed by atoms with van der Waals surface area (Å²) in [6, 6.07) is 3.34. The van der Waals surface area contributed by atoms with Crippen LogP contribution in [0.5, 0.6) is 0 Å².